The molecule has 86 valence electrons. The normalized spacial score (nSPS) is 19.4. The van der Waals surface area contributed by atoms with Crippen molar-refractivity contribution in [1.82, 2.24) is 0 Å². The van der Waals surface area contributed by atoms with Crippen molar-refractivity contribution in [3.63, 3.8) is 0 Å². The summed E-state index contributed by atoms with van der Waals surface area (Å²) >= 11 is 3.33. The Morgan fingerprint density at radius 3 is 2.25 bits per heavy atom. The van der Waals surface area contributed by atoms with Crippen molar-refractivity contribution >= 4 is 21.7 Å². The van der Waals surface area contributed by atoms with Gasteiger partial charge in [-0.2, -0.15) is 0 Å². The van der Waals surface area contributed by atoms with Gasteiger partial charge in [-0.25, -0.2) is 0 Å². The van der Waals surface area contributed by atoms with Gasteiger partial charge in [-0.05, 0) is 25.0 Å². The number of hydrogen-bond acceptors (Lipinski definition) is 2. The van der Waals surface area contributed by atoms with Crippen LogP contribution >= 0.6 is 15.9 Å². The summed E-state index contributed by atoms with van der Waals surface area (Å²) in [7, 11) is 0. The largest absolute Gasteiger partial charge is 0.382 e. The fourth-order valence-corrected chi connectivity index (χ4v) is 2.50. The topological polar surface area (TPSA) is 37.3 Å². The Balaban J connectivity index is 2.20. The number of benzene rings is 1. The van der Waals surface area contributed by atoms with E-state index in [2.05, 4.69) is 15.9 Å². The van der Waals surface area contributed by atoms with Gasteiger partial charge in [0.15, 0.2) is 5.78 Å². The summed E-state index contributed by atoms with van der Waals surface area (Å²) in [6, 6.07) is 7.19. The second-order valence-electron chi connectivity index (χ2n) is 4.43. The van der Waals surface area contributed by atoms with Crippen LogP contribution < -0.4 is 0 Å². The Bertz CT molecular complexity index is 377. The molecule has 0 aromatic heterocycles. The first kappa shape index (κ1) is 11.8. The van der Waals surface area contributed by atoms with E-state index in [1.54, 1.807) is 12.1 Å². The van der Waals surface area contributed by atoms with Crippen LogP contribution in [0, 0.1) is 0 Å². The van der Waals surface area contributed by atoms with Crippen molar-refractivity contribution < 1.29 is 9.90 Å². The molecule has 1 aliphatic carbocycles. The lowest BCUT2D eigenvalue weighted by molar-refractivity contribution is 0.0116. The monoisotopic (exact) mass is 282 g/mol. The molecule has 1 saturated carbocycles. The molecule has 1 aromatic carbocycles. The predicted molar refractivity (Wildman–Crippen MR) is 66.5 cm³/mol. The Kier molecular flexibility index (Phi) is 3.45. The molecule has 0 aliphatic heterocycles. The third-order valence-corrected chi connectivity index (χ3v) is 3.74. The summed E-state index contributed by atoms with van der Waals surface area (Å²) < 4.78 is 0.944. The molecule has 2 nitrogen and oxygen atoms in total. The average Bonchev–Trinajstić information content (AvgIpc) is 2.30. The van der Waals surface area contributed by atoms with Gasteiger partial charge in [-0.1, -0.05) is 47.3 Å². The zero-order valence-electron chi connectivity index (χ0n) is 9.08. The molecule has 0 atom stereocenters. The molecule has 16 heavy (non-hydrogen) atoms. The summed E-state index contributed by atoms with van der Waals surface area (Å²) in [5.74, 6) is -0.125. The molecule has 0 unspecified atom stereocenters. The Labute approximate surface area is 104 Å². The van der Waals surface area contributed by atoms with Gasteiger partial charge in [-0.3, -0.25) is 4.79 Å². The van der Waals surface area contributed by atoms with E-state index >= 15 is 0 Å². The van der Waals surface area contributed by atoms with Crippen LogP contribution in [-0.4, -0.2) is 16.5 Å². The molecule has 0 spiro atoms. The molecule has 0 heterocycles. The highest BCUT2D eigenvalue weighted by Gasteiger charge is 2.37. The fourth-order valence-electron chi connectivity index (χ4n) is 2.23. The van der Waals surface area contributed by atoms with E-state index in [0.717, 1.165) is 23.7 Å². The molecular formula is C13H15BrO2. The highest BCUT2D eigenvalue weighted by atomic mass is 79.9. The molecule has 1 aliphatic rings. The lowest BCUT2D eigenvalue weighted by Crippen LogP contribution is -2.40. The highest BCUT2D eigenvalue weighted by molar-refractivity contribution is 9.10. The SMILES string of the molecule is O=C(c1ccc(Br)cc1)C1(O)CCCCC1. The van der Waals surface area contributed by atoms with Crippen molar-refractivity contribution in [3.8, 4) is 0 Å². The van der Waals surface area contributed by atoms with Crippen LogP contribution in [0.5, 0.6) is 0 Å². The van der Waals surface area contributed by atoms with Gasteiger partial charge in [-0.15, -0.1) is 0 Å². The van der Waals surface area contributed by atoms with Crippen LogP contribution in [0.25, 0.3) is 0 Å². The molecule has 3 heteroatoms. The van der Waals surface area contributed by atoms with E-state index in [-0.39, 0.29) is 5.78 Å². The van der Waals surface area contributed by atoms with E-state index in [9.17, 15) is 9.90 Å². The van der Waals surface area contributed by atoms with Crippen molar-refractivity contribution in [2.75, 3.05) is 0 Å². The Hall–Kier alpha value is -0.670. The number of ketones is 1. The standard InChI is InChI=1S/C13H15BrO2/c14-11-6-4-10(5-7-11)12(15)13(16)8-2-1-3-9-13/h4-7,16H,1-3,8-9H2. The van der Waals surface area contributed by atoms with Gasteiger partial charge in [0, 0.05) is 10.0 Å². The Morgan fingerprint density at radius 2 is 1.69 bits per heavy atom. The van der Waals surface area contributed by atoms with E-state index in [1.165, 1.54) is 0 Å². The minimum absolute atomic E-state index is 0.125. The fraction of sp³-hybridized carbons (Fsp3) is 0.462. The molecule has 1 N–H and O–H groups in total. The second kappa shape index (κ2) is 4.68. The van der Waals surface area contributed by atoms with Gasteiger partial charge in [0.25, 0.3) is 0 Å². The van der Waals surface area contributed by atoms with Gasteiger partial charge in [0.05, 0.1) is 0 Å². The Morgan fingerprint density at radius 1 is 1.12 bits per heavy atom. The van der Waals surface area contributed by atoms with E-state index < -0.39 is 5.60 Å². The molecule has 1 fully saturated rings. The maximum absolute atomic E-state index is 12.2. The highest BCUT2D eigenvalue weighted by Crippen LogP contribution is 2.31. The molecule has 0 saturated heterocycles. The molecule has 1 aromatic rings. The van der Waals surface area contributed by atoms with E-state index in [0.29, 0.717) is 18.4 Å². The smallest absolute Gasteiger partial charge is 0.194 e. The van der Waals surface area contributed by atoms with Crippen LogP contribution in [0.15, 0.2) is 28.7 Å². The van der Waals surface area contributed by atoms with Gasteiger partial charge < -0.3 is 5.11 Å². The third kappa shape index (κ3) is 2.36. The maximum Gasteiger partial charge on any atom is 0.194 e. The minimum atomic E-state index is -1.12. The van der Waals surface area contributed by atoms with Gasteiger partial charge in [0.1, 0.15) is 5.60 Å². The van der Waals surface area contributed by atoms with Crippen molar-refractivity contribution in [2.45, 2.75) is 37.7 Å². The number of Topliss-reactive ketones (excluding diaryl/α,β-unsaturated/α-hetero) is 1. The summed E-state index contributed by atoms with van der Waals surface area (Å²) in [6.07, 6.45) is 4.21. The zero-order chi connectivity index (χ0) is 11.6. The van der Waals surface area contributed by atoms with Crippen LogP contribution in [0.2, 0.25) is 0 Å². The first-order valence-corrected chi connectivity index (χ1v) is 6.44. The molecule has 0 amide bonds. The number of halogens is 1. The van der Waals surface area contributed by atoms with Gasteiger partial charge in [0.2, 0.25) is 0 Å². The first-order valence-electron chi connectivity index (χ1n) is 5.65. The summed E-state index contributed by atoms with van der Waals surface area (Å²) in [5.41, 5.74) is -0.515. The molecule has 0 radical (unpaired) electrons. The van der Waals surface area contributed by atoms with E-state index in [4.69, 9.17) is 0 Å². The quantitative estimate of drug-likeness (QED) is 0.845. The van der Waals surface area contributed by atoms with Crippen molar-refractivity contribution in [2.24, 2.45) is 0 Å². The summed E-state index contributed by atoms with van der Waals surface area (Å²) in [5, 5.41) is 10.3. The summed E-state index contributed by atoms with van der Waals surface area (Å²) in [6.45, 7) is 0. The number of carbonyl (C=O) groups is 1. The minimum Gasteiger partial charge on any atom is -0.382 e. The number of carbonyl (C=O) groups excluding carboxylic acids is 1. The third-order valence-electron chi connectivity index (χ3n) is 3.21. The van der Waals surface area contributed by atoms with Crippen molar-refractivity contribution in [3.05, 3.63) is 34.3 Å². The molecule has 0 bridgehead atoms. The summed E-state index contributed by atoms with van der Waals surface area (Å²) in [4.78, 5) is 12.2. The zero-order valence-corrected chi connectivity index (χ0v) is 10.7. The number of aliphatic hydroxyl groups is 1. The maximum atomic E-state index is 12.2. The molecule has 2 rings (SSSR count). The van der Waals surface area contributed by atoms with Crippen molar-refractivity contribution in [1.29, 1.82) is 0 Å². The van der Waals surface area contributed by atoms with Gasteiger partial charge >= 0.3 is 0 Å². The van der Waals surface area contributed by atoms with Crippen LogP contribution in [0.3, 0.4) is 0 Å². The van der Waals surface area contributed by atoms with Crippen LogP contribution in [0.1, 0.15) is 42.5 Å². The van der Waals surface area contributed by atoms with Crippen LogP contribution in [0.4, 0.5) is 0 Å². The van der Waals surface area contributed by atoms with E-state index in [1.807, 2.05) is 12.1 Å². The molecular weight excluding hydrogens is 268 g/mol. The van der Waals surface area contributed by atoms with Crippen LogP contribution in [-0.2, 0) is 0 Å². The first-order chi connectivity index (χ1) is 7.62. The average molecular weight is 283 g/mol. The lowest BCUT2D eigenvalue weighted by atomic mass is 9.79. The number of hydrogen-bond donors (Lipinski definition) is 1. The lowest BCUT2D eigenvalue weighted by Gasteiger charge is -2.30. The predicted octanol–water partition coefficient (Wildman–Crippen LogP) is 3.33. The second-order valence-corrected chi connectivity index (χ2v) is 5.34. The number of rotatable bonds is 2.